The summed E-state index contributed by atoms with van der Waals surface area (Å²) in [7, 11) is 0. The number of benzene rings is 2. The van der Waals surface area contributed by atoms with Gasteiger partial charge in [-0.15, -0.1) is 0 Å². The van der Waals surface area contributed by atoms with E-state index in [4.69, 9.17) is 9.72 Å². The topological polar surface area (TPSA) is 58.2 Å². The number of aromatic amines is 1. The van der Waals surface area contributed by atoms with E-state index in [2.05, 4.69) is 29.2 Å². The molecule has 0 saturated carbocycles. The third-order valence-electron chi connectivity index (χ3n) is 5.34. The van der Waals surface area contributed by atoms with Crippen molar-refractivity contribution in [2.45, 2.75) is 44.1 Å². The SMILES string of the molecule is C[C@H]1CN(C(=O)CCCSc2nc(-c3ccccc3)c(-c3ccccc3)[nH]2)C[C@H](C)O1. The Morgan fingerprint density at radius 3 is 2.29 bits per heavy atom. The molecular formula is C25H29N3O2S. The van der Waals surface area contributed by atoms with Crippen LogP contribution in [-0.2, 0) is 9.53 Å². The number of carbonyl (C=O) groups excluding carboxylic acids is 1. The van der Waals surface area contributed by atoms with Gasteiger partial charge in [-0.25, -0.2) is 4.98 Å². The second-order valence-electron chi connectivity index (χ2n) is 8.01. The number of hydrogen-bond donors (Lipinski definition) is 1. The van der Waals surface area contributed by atoms with Crippen molar-refractivity contribution in [1.29, 1.82) is 0 Å². The molecule has 2 heterocycles. The van der Waals surface area contributed by atoms with Gasteiger partial charge in [-0.3, -0.25) is 4.79 Å². The number of morpholine rings is 1. The predicted molar refractivity (Wildman–Crippen MR) is 126 cm³/mol. The van der Waals surface area contributed by atoms with Crippen LogP contribution in [0.2, 0.25) is 0 Å². The number of rotatable bonds is 7. The molecule has 1 saturated heterocycles. The summed E-state index contributed by atoms with van der Waals surface area (Å²) in [6, 6.07) is 20.5. The molecule has 2 atom stereocenters. The summed E-state index contributed by atoms with van der Waals surface area (Å²) < 4.78 is 5.73. The van der Waals surface area contributed by atoms with E-state index in [1.165, 1.54) is 0 Å². The molecule has 1 amide bonds. The van der Waals surface area contributed by atoms with Crippen LogP contribution in [-0.4, -0.2) is 51.8 Å². The first-order chi connectivity index (χ1) is 15.1. The number of carbonyl (C=O) groups is 1. The lowest BCUT2D eigenvalue weighted by atomic mass is 10.1. The summed E-state index contributed by atoms with van der Waals surface area (Å²) >= 11 is 1.67. The van der Waals surface area contributed by atoms with Crippen molar-refractivity contribution in [3.05, 3.63) is 60.7 Å². The van der Waals surface area contributed by atoms with Gasteiger partial charge >= 0.3 is 0 Å². The summed E-state index contributed by atoms with van der Waals surface area (Å²) in [4.78, 5) is 22.9. The van der Waals surface area contributed by atoms with E-state index in [1.54, 1.807) is 11.8 Å². The van der Waals surface area contributed by atoms with Crippen LogP contribution in [0.3, 0.4) is 0 Å². The minimum Gasteiger partial charge on any atom is -0.372 e. The summed E-state index contributed by atoms with van der Waals surface area (Å²) in [5, 5.41) is 0.888. The Morgan fingerprint density at radius 2 is 1.65 bits per heavy atom. The van der Waals surface area contributed by atoms with E-state index in [0.29, 0.717) is 19.5 Å². The van der Waals surface area contributed by atoms with E-state index in [9.17, 15) is 4.79 Å². The first-order valence-corrected chi connectivity index (χ1v) is 11.9. The molecule has 1 aliphatic heterocycles. The molecule has 1 aliphatic rings. The standard InChI is InChI=1S/C25H29N3O2S/c1-18-16-28(17-19(2)30-18)22(29)14-9-15-31-25-26-23(20-10-5-3-6-11-20)24(27-25)21-12-7-4-8-13-21/h3-8,10-13,18-19H,9,14-17H2,1-2H3,(H,26,27)/t18-,19-/m0/s1. The van der Waals surface area contributed by atoms with Crippen molar-refractivity contribution in [1.82, 2.24) is 14.9 Å². The van der Waals surface area contributed by atoms with E-state index in [1.807, 2.05) is 55.1 Å². The molecule has 4 rings (SSSR count). The average molecular weight is 436 g/mol. The van der Waals surface area contributed by atoms with Crippen LogP contribution in [0.1, 0.15) is 26.7 Å². The van der Waals surface area contributed by atoms with Crippen molar-refractivity contribution in [2.75, 3.05) is 18.8 Å². The summed E-state index contributed by atoms with van der Waals surface area (Å²) in [5.74, 6) is 1.06. The van der Waals surface area contributed by atoms with Gasteiger partial charge in [0.1, 0.15) is 0 Å². The fourth-order valence-corrected chi connectivity index (χ4v) is 4.78. The first-order valence-electron chi connectivity index (χ1n) is 10.9. The quantitative estimate of drug-likeness (QED) is 0.407. The molecule has 0 spiro atoms. The molecule has 0 radical (unpaired) electrons. The average Bonchev–Trinajstić information content (AvgIpc) is 3.21. The minimum absolute atomic E-state index is 0.109. The van der Waals surface area contributed by atoms with Crippen LogP contribution in [0.25, 0.3) is 22.5 Å². The highest BCUT2D eigenvalue weighted by Crippen LogP contribution is 2.32. The molecule has 0 unspecified atom stereocenters. The molecular weight excluding hydrogens is 406 g/mol. The molecule has 31 heavy (non-hydrogen) atoms. The van der Waals surface area contributed by atoms with Crippen LogP contribution >= 0.6 is 11.8 Å². The Morgan fingerprint density at radius 1 is 1.03 bits per heavy atom. The number of imidazole rings is 1. The molecule has 0 bridgehead atoms. The highest BCUT2D eigenvalue weighted by atomic mass is 32.2. The van der Waals surface area contributed by atoms with Gasteiger partial charge < -0.3 is 14.6 Å². The van der Waals surface area contributed by atoms with E-state index in [0.717, 1.165) is 39.8 Å². The highest BCUT2D eigenvalue weighted by molar-refractivity contribution is 7.99. The van der Waals surface area contributed by atoms with Crippen LogP contribution in [0.15, 0.2) is 65.8 Å². The Kier molecular flexibility index (Phi) is 7.10. The minimum atomic E-state index is 0.109. The third-order valence-corrected chi connectivity index (χ3v) is 6.30. The number of amides is 1. The lowest BCUT2D eigenvalue weighted by Crippen LogP contribution is -2.48. The van der Waals surface area contributed by atoms with E-state index < -0.39 is 0 Å². The van der Waals surface area contributed by atoms with Crippen molar-refractivity contribution >= 4 is 17.7 Å². The van der Waals surface area contributed by atoms with E-state index in [-0.39, 0.29) is 18.1 Å². The zero-order chi connectivity index (χ0) is 21.6. The van der Waals surface area contributed by atoms with Gasteiger partial charge in [-0.05, 0) is 20.3 Å². The monoisotopic (exact) mass is 435 g/mol. The molecule has 162 valence electrons. The molecule has 5 nitrogen and oxygen atoms in total. The fraction of sp³-hybridized carbons (Fsp3) is 0.360. The number of thioether (sulfide) groups is 1. The zero-order valence-corrected chi connectivity index (χ0v) is 18.9. The number of H-pyrrole nitrogens is 1. The maximum atomic E-state index is 12.6. The molecule has 1 fully saturated rings. The van der Waals surface area contributed by atoms with Crippen LogP contribution in [0, 0.1) is 0 Å². The van der Waals surface area contributed by atoms with Gasteiger partial charge in [-0.1, -0.05) is 72.4 Å². The van der Waals surface area contributed by atoms with Gasteiger partial charge in [0.15, 0.2) is 5.16 Å². The maximum Gasteiger partial charge on any atom is 0.222 e. The van der Waals surface area contributed by atoms with Crippen LogP contribution in [0.4, 0.5) is 0 Å². The predicted octanol–water partition coefficient (Wildman–Crippen LogP) is 5.25. The zero-order valence-electron chi connectivity index (χ0n) is 18.1. The molecule has 6 heteroatoms. The molecule has 2 aromatic carbocycles. The van der Waals surface area contributed by atoms with Crippen LogP contribution in [0.5, 0.6) is 0 Å². The van der Waals surface area contributed by atoms with Crippen molar-refractivity contribution in [2.24, 2.45) is 0 Å². The maximum absolute atomic E-state index is 12.6. The normalized spacial score (nSPS) is 18.8. The molecule has 3 aromatic rings. The third kappa shape index (κ3) is 5.57. The second kappa shape index (κ2) is 10.2. The molecule has 1 N–H and O–H groups in total. The lowest BCUT2D eigenvalue weighted by molar-refractivity contribution is -0.143. The number of ether oxygens (including phenoxy) is 1. The number of nitrogens with zero attached hydrogens (tertiary/aromatic N) is 2. The van der Waals surface area contributed by atoms with Crippen LogP contribution < -0.4 is 0 Å². The molecule has 1 aromatic heterocycles. The first kappa shape index (κ1) is 21.7. The van der Waals surface area contributed by atoms with Gasteiger partial charge in [0.25, 0.3) is 0 Å². The highest BCUT2D eigenvalue weighted by Gasteiger charge is 2.25. The number of aromatic nitrogens is 2. The van der Waals surface area contributed by atoms with Gasteiger partial charge in [0.05, 0.1) is 23.6 Å². The Bertz CT molecular complexity index is 924. The van der Waals surface area contributed by atoms with Crippen molar-refractivity contribution < 1.29 is 9.53 Å². The van der Waals surface area contributed by atoms with Gasteiger partial charge in [-0.2, -0.15) is 0 Å². The summed E-state index contributed by atoms with van der Waals surface area (Å²) in [6.45, 7) is 5.43. The van der Waals surface area contributed by atoms with Gasteiger partial charge in [0.2, 0.25) is 5.91 Å². The summed E-state index contributed by atoms with van der Waals surface area (Å²) in [5.41, 5.74) is 4.20. The molecule has 0 aliphatic carbocycles. The van der Waals surface area contributed by atoms with Crippen molar-refractivity contribution in [3.63, 3.8) is 0 Å². The van der Waals surface area contributed by atoms with Gasteiger partial charge in [0, 0.05) is 36.4 Å². The summed E-state index contributed by atoms with van der Waals surface area (Å²) in [6.07, 6.45) is 1.60. The number of nitrogens with one attached hydrogen (secondary N) is 1. The Labute approximate surface area is 188 Å². The largest absolute Gasteiger partial charge is 0.372 e. The second-order valence-corrected chi connectivity index (χ2v) is 9.09. The lowest BCUT2D eigenvalue weighted by Gasteiger charge is -2.35. The fourth-order valence-electron chi connectivity index (χ4n) is 3.97. The Balaban J connectivity index is 1.39. The van der Waals surface area contributed by atoms with E-state index >= 15 is 0 Å². The number of hydrogen-bond acceptors (Lipinski definition) is 4. The van der Waals surface area contributed by atoms with Crippen molar-refractivity contribution in [3.8, 4) is 22.5 Å². The smallest absolute Gasteiger partial charge is 0.222 e. The Hall–Kier alpha value is -2.57.